The average Bonchev–Trinajstić information content (AvgIpc) is 3.24. The van der Waals surface area contributed by atoms with Gasteiger partial charge in [0.1, 0.15) is 5.00 Å². The molecule has 0 saturated carbocycles. The van der Waals surface area contributed by atoms with Crippen molar-refractivity contribution >= 4 is 34.2 Å². The largest absolute Gasteiger partial charge is 0.462 e. The minimum atomic E-state index is -1.08. The number of nitrogens with zero attached hydrogens (tertiary/aromatic N) is 1. The van der Waals surface area contributed by atoms with E-state index in [0.29, 0.717) is 22.2 Å². The molecule has 1 aliphatic carbocycles. The molecule has 0 aromatic carbocycles. The maximum Gasteiger partial charge on any atom is 0.377 e. The number of carbonyl (C=O) groups excluding carboxylic acids is 3. The van der Waals surface area contributed by atoms with Crippen molar-refractivity contribution in [3.8, 4) is 0 Å². The van der Waals surface area contributed by atoms with E-state index in [1.54, 1.807) is 13.8 Å². The predicted molar refractivity (Wildman–Crippen MR) is 106 cm³/mol. The van der Waals surface area contributed by atoms with Crippen LogP contribution in [0, 0.1) is 12.8 Å². The summed E-state index contributed by atoms with van der Waals surface area (Å²) in [6, 6.07) is 1.43. The maximum atomic E-state index is 12.6. The first-order valence-corrected chi connectivity index (χ1v) is 10.4. The van der Waals surface area contributed by atoms with Crippen molar-refractivity contribution in [1.82, 2.24) is 5.16 Å². The quantitative estimate of drug-likeness (QED) is 0.712. The van der Waals surface area contributed by atoms with Gasteiger partial charge in [0.2, 0.25) is 5.76 Å². The highest BCUT2D eigenvalue weighted by Gasteiger charge is 2.30. The number of thiophene rings is 1. The molecule has 0 spiro atoms. The van der Waals surface area contributed by atoms with Gasteiger partial charge in [-0.25, -0.2) is 9.59 Å². The van der Waals surface area contributed by atoms with Crippen molar-refractivity contribution in [2.45, 2.75) is 53.1 Å². The number of rotatable bonds is 6. The van der Waals surface area contributed by atoms with Crippen LogP contribution in [0.5, 0.6) is 0 Å². The molecule has 2 heterocycles. The molecule has 9 heteroatoms. The summed E-state index contributed by atoms with van der Waals surface area (Å²) in [6.07, 6.45) is 1.53. The Morgan fingerprint density at radius 2 is 2.14 bits per heavy atom. The van der Waals surface area contributed by atoms with Gasteiger partial charge >= 0.3 is 11.9 Å². The molecule has 0 saturated heterocycles. The summed E-state index contributed by atoms with van der Waals surface area (Å²) in [5.74, 6) is -1.32. The van der Waals surface area contributed by atoms with Crippen LogP contribution < -0.4 is 5.32 Å². The second kappa shape index (κ2) is 8.77. The van der Waals surface area contributed by atoms with E-state index in [1.807, 2.05) is 0 Å². The highest BCUT2D eigenvalue weighted by molar-refractivity contribution is 7.17. The van der Waals surface area contributed by atoms with Crippen LogP contribution in [0.15, 0.2) is 10.6 Å². The molecule has 156 valence electrons. The van der Waals surface area contributed by atoms with Crippen LogP contribution in [0.1, 0.15) is 64.2 Å². The average molecular weight is 420 g/mol. The molecule has 2 aromatic heterocycles. The SMILES string of the molecule is CCOC(=O)c1c(NC(=O)C(C)OC(=O)c2cc(C)no2)sc2c1CCC(C)C2. The summed E-state index contributed by atoms with van der Waals surface area (Å²) in [6.45, 7) is 7.28. The molecule has 0 aliphatic heterocycles. The summed E-state index contributed by atoms with van der Waals surface area (Å²) in [5.41, 5.74) is 1.90. The number of aromatic nitrogens is 1. The fraction of sp³-hybridized carbons (Fsp3) is 0.500. The normalized spacial score (nSPS) is 16.6. The Morgan fingerprint density at radius 3 is 2.79 bits per heavy atom. The third-order valence-corrected chi connectivity index (χ3v) is 5.88. The summed E-state index contributed by atoms with van der Waals surface area (Å²) in [7, 11) is 0. The third-order valence-electron chi connectivity index (χ3n) is 4.71. The molecule has 8 nitrogen and oxygen atoms in total. The third kappa shape index (κ3) is 4.67. The second-order valence-electron chi connectivity index (χ2n) is 7.15. The molecule has 1 N–H and O–H groups in total. The molecule has 0 fully saturated rings. The van der Waals surface area contributed by atoms with E-state index in [9.17, 15) is 14.4 Å². The lowest BCUT2D eigenvalue weighted by molar-refractivity contribution is -0.123. The Kier molecular flexibility index (Phi) is 6.36. The van der Waals surface area contributed by atoms with Gasteiger partial charge in [0, 0.05) is 10.9 Å². The van der Waals surface area contributed by atoms with E-state index in [-0.39, 0.29) is 12.4 Å². The number of esters is 2. The first-order chi connectivity index (χ1) is 13.8. The van der Waals surface area contributed by atoms with Crippen LogP contribution in [0.25, 0.3) is 0 Å². The number of aryl methyl sites for hydroxylation is 1. The molecule has 0 radical (unpaired) electrons. The van der Waals surface area contributed by atoms with Crippen LogP contribution in [0.2, 0.25) is 0 Å². The lowest BCUT2D eigenvalue weighted by atomic mass is 9.88. The fourth-order valence-electron chi connectivity index (χ4n) is 3.20. The number of amides is 1. The van der Waals surface area contributed by atoms with Crippen LogP contribution >= 0.6 is 11.3 Å². The Labute approximate surface area is 172 Å². The zero-order chi connectivity index (χ0) is 21.1. The standard InChI is InChI=1S/C20H24N2O6S/c1-5-26-20(25)16-13-7-6-10(2)8-15(13)29-18(16)21-17(23)12(4)27-19(24)14-9-11(3)22-28-14/h9-10,12H,5-8H2,1-4H3,(H,21,23). The maximum absolute atomic E-state index is 12.6. The molecule has 3 rings (SSSR count). The first-order valence-electron chi connectivity index (χ1n) is 9.56. The second-order valence-corrected chi connectivity index (χ2v) is 8.25. The van der Waals surface area contributed by atoms with Gasteiger partial charge in [0.25, 0.3) is 5.91 Å². The molecular formula is C20H24N2O6S. The lowest BCUT2D eigenvalue weighted by Crippen LogP contribution is -2.30. The highest BCUT2D eigenvalue weighted by atomic mass is 32.1. The first kappa shape index (κ1) is 21.0. The van der Waals surface area contributed by atoms with Crippen LogP contribution in [0.4, 0.5) is 5.00 Å². The number of fused-ring (bicyclic) bond motifs is 1. The smallest absolute Gasteiger partial charge is 0.377 e. The van der Waals surface area contributed by atoms with Crippen molar-refractivity contribution in [2.75, 3.05) is 11.9 Å². The molecular weight excluding hydrogens is 396 g/mol. The van der Waals surface area contributed by atoms with Gasteiger partial charge in [0.15, 0.2) is 6.10 Å². The van der Waals surface area contributed by atoms with Gasteiger partial charge in [-0.15, -0.1) is 11.3 Å². The lowest BCUT2D eigenvalue weighted by Gasteiger charge is -2.18. The number of hydrogen-bond acceptors (Lipinski definition) is 8. The Hall–Kier alpha value is -2.68. The Balaban J connectivity index is 1.76. The molecule has 29 heavy (non-hydrogen) atoms. The number of ether oxygens (including phenoxy) is 2. The zero-order valence-electron chi connectivity index (χ0n) is 16.9. The number of nitrogens with one attached hydrogen (secondary N) is 1. The van der Waals surface area contributed by atoms with Crippen LogP contribution in [0.3, 0.4) is 0 Å². The van der Waals surface area contributed by atoms with E-state index in [2.05, 4.69) is 17.4 Å². The van der Waals surface area contributed by atoms with Gasteiger partial charge in [-0.3, -0.25) is 4.79 Å². The molecule has 1 amide bonds. The molecule has 2 aromatic rings. The van der Waals surface area contributed by atoms with E-state index < -0.39 is 23.9 Å². The van der Waals surface area contributed by atoms with Crippen LogP contribution in [-0.4, -0.2) is 35.7 Å². The fourth-order valence-corrected chi connectivity index (χ4v) is 4.61. The summed E-state index contributed by atoms with van der Waals surface area (Å²) in [4.78, 5) is 38.3. The number of carbonyl (C=O) groups is 3. The molecule has 2 atom stereocenters. The minimum Gasteiger partial charge on any atom is -0.462 e. The van der Waals surface area contributed by atoms with E-state index in [0.717, 1.165) is 29.7 Å². The van der Waals surface area contributed by atoms with Gasteiger partial charge in [-0.2, -0.15) is 0 Å². The van der Waals surface area contributed by atoms with Crippen molar-refractivity contribution in [3.63, 3.8) is 0 Å². The van der Waals surface area contributed by atoms with Crippen molar-refractivity contribution in [3.05, 3.63) is 33.5 Å². The Morgan fingerprint density at radius 1 is 1.38 bits per heavy atom. The number of anilines is 1. The van der Waals surface area contributed by atoms with Crippen LogP contribution in [-0.2, 0) is 27.1 Å². The molecule has 1 aliphatic rings. The molecule has 0 bridgehead atoms. The number of hydrogen-bond donors (Lipinski definition) is 1. The van der Waals surface area contributed by atoms with Gasteiger partial charge < -0.3 is 19.3 Å². The monoisotopic (exact) mass is 420 g/mol. The van der Waals surface area contributed by atoms with Crippen molar-refractivity contribution in [2.24, 2.45) is 5.92 Å². The topological polar surface area (TPSA) is 108 Å². The minimum absolute atomic E-state index is 0.0741. The Bertz CT molecular complexity index is 932. The van der Waals surface area contributed by atoms with Gasteiger partial charge in [-0.05, 0) is 51.5 Å². The summed E-state index contributed by atoms with van der Waals surface area (Å²) < 4.78 is 15.2. The van der Waals surface area contributed by atoms with Gasteiger partial charge in [0.05, 0.1) is 17.9 Å². The van der Waals surface area contributed by atoms with Crippen molar-refractivity contribution < 1.29 is 28.4 Å². The van der Waals surface area contributed by atoms with E-state index in [1.165, 1.54) is 24.3 Å². The van der Waals surface area contributed by atoms with Gasteiger partial charge in [-0.1, -0.05) is 12.1 Å². The predicted octanol–water partition coefficient (Wildman–Crippen LogP) is 3.53. The highest BCUT2D eigenvalue weighted by Crippen LogP contribution is 2.40. The van der Waals surface area contributed by atoms with E-state index >= 15 is 0 Å². The van der Waals surface area contributed by atoms with E-state index in [4.69, 9.17) is 14.0 Å². The van der Waals surface area contributed by atoms with Crippen molar-refractivity contribution in [1.29, 1.82) is 0 Å². The molecule has 2 unspecified atom stereocenters. The summed E-state index contributed by atoms with van der Waals surface area (Å²) >= 11 is 1.38. The summed E-state index contributed by atoms with van der Waals surface area (Å²) in [5, 5.41) is 6.80. The zero-order valence-corrected chi connectivity index (χ0v) is 17.7.